The van der Waals surface area contributed by atoms with Crippen LogP contribution in [0.5, 0.6) is 5.75 Å². The van der Waals surface area contributed by atoms with Gasteiger partial charge < -0.3 is 25.2 Å². The summed E-state index contributed by atoms with van der Waals surface area (Å²) in [5.74, 6) is 0.452. The van der Waals surface area contributed by atoms with E-state index < -0.39 is 28.9 Å². The van der Waals surface area contributed by atoms with Crippen LogP contribution >= 0.6 is 11.8 Å². The van der Waals surface area contributed by atoms with E-state index in [0.29, 0.717) is 11.8 Å². The number of methoxy groups -OCH3 is 1. The molecule has 3 N–H and O–H groups in total. The fraction of sp³-hybridized carbons (Fsp3) is 0.444. The molecule has 2 aromatic carbocycles. The van der Waals surface area contributed by atoms with Gasteiger partial charge >= 0.3 is 5.97 Å². The number of thioether (sulfide) groups is 1. The summed E-state index contributed by atoms with van der Waals surface area (Å²) >= 11 is 1.42. The van der Waals surface area contributed by atoms with E-state index in [4.69, 9.17) is 4.74 Å². The van der Waals surface area contributed by atoms with Gasteiger partial charge in [-0.15, -0.1) is 18.3 Å². The van der Waals surface area contributed by atoms with E-state index in [0.717, 1.165) is 47.3 Å². The van der Waals surface area contributed by atoms with Crippen molar-refractivity contribution in [3.05, 3.63) is 84.6 Å². The van der Waals surface area contributed by atoms with Crippen molar-refractivity contribution in [1.82, 2.24) is 20.1 Å². The highest BCUT2D eigenvalue weighted by atomic mass is 32.2. The summed E-state index contributed by atoms with van der Waals surface area (Å²) in [5.41, 5.74) is 2.72. The third-order valence-electron chi connectivity index (χ3n) is 10.0. The number of amides is 2. The van der Waals surface area contributed by atoms with Gasteiger partial charge in [-0.05, 0) is 80.5 Å². The fourth-order valence-corrected chi connectivity index (χ4v) is 9.22. The topological polar surface area (TPSA) is 132 Å². The van der Waals surface area contributed by atoms with Crippen molar-refractivity contribution in [2.45, 2.75) is 67.5 Å². The van der Waals surface area contributed by atoms with Crippen molar-refractivity contribution in [1.29, 1.82) is 0 Å². The second-order valence-corrected chi connectivity index (χ2v) is 15.1. The Kier molecular flexibility index (Phi) is 9.33. The molecule has 47 heavy (non-hydrogen) atoms. The summed E-state index contributed by atoms with van der Waals surface area (Å²) in [6.45, 7) is 9.69. The number of benzene rings is 2. The molecule has 2 amide bonds. The van der Waals surface area contributed by atoms with Gasteiger partial charge in [-0.1, -0.05) is 36.4 Å². The van der Waals surface area contributed by atoms with Crippen LogP contribution in [0.1, 0.15) is 43.9 Å². The van der Waals surface area contributed by atoms with E-state index >= 15 is 0 Å². The molecule has 8 rings (SSSR count). The number of pyridine rings is 1. The first-order valence-electron chi connectivity index (χ1n) is 16.1. The molecular formula is C36H42N4O6S. The van der Waals surface area contributed by atoms with Crippen molar-refractivity contribution in [2.24, 2.45) is 11.8 Å². The molecule has 8 atom stereocenters. The Hall–Kier alpha value is -3.93. The van der Waals surface area contributed by atoms with Crippen LogP contribution in [0.3, 0.4) is 0 Å². The van der Waals surface area contributed by atoms with Crippen molar-refractivity contribution < 1.29 is 29.3 Å². The first-order valence-corrected chi connectivity index (χ1v) is 16.9. The Balaban J connectivity index is 0.000000165. The lowest BCUT2D eigenvalue weighted by Gasteiger charge is -2.50. The lowest BCUT2D eigenvalue weighted by Crippen LogP contribution is -2.70. The predicted molar refractivity (Wildman–Crippen MR) is 181 cm³/mol. The molecule has 2 bridgehead atoms. The minimum Gasteiger partial charge on any atom is -0.497 e. The summed E-state index contributed by atoms with van der Waals surface area (Å²) in [4.78, 5) is 44.0. The molecule has 3 aromatic rings. The molecule has 5 fully saturated rings. The van der Waals surface area contributed by atoms with Gasteiger partial charge in [0.1, 0.15) is 23.2 Å². The van der Waals surface area contributed by atoms with Crippen LogP contribution in [0.25, 0.3) is 10.9 Å². The number of carboxylic acid groups (broad SMARTS) is 1. The second-order valence-electron chi connectivity index (χ2n) is 13.3. The van der Waals surface area contributed by atoms with Crippen molar-refractivity contribution in [3.63, 3.8) is 0 Å². The quantitative estimate of drug-likeness (QED) is 0.243. The van der Waals surface area contributed by atoms with Gasteiger partial charge in [-0.2, -0.15) is 0 Å². The lowest BCUT2D eigenvalue weighted by molar-refractivity contribution is -0.161. The number of ether oxygens (including phenoxy) is 1. The van der Waals surface area contributed by atoms with Crippen LogP contribution in [0.2, 0.25) is 0 Å². The van der Waals surface area contributed by atoms with Crippen LogP contribution in [-0.2, 0) is 20.8 Å². The van der Waals surface area contributed by atoms with Gasteiger partial charge in [-0.3, -0.25) is 19.5 Å². The number of aromatic nitrogens is 1. The van der Waals surface area contributed by atoms with Crippen LogP contribution < -0.4 is 10.1 Å². The summed E-state index contributed by atoms with van der Waals surface area (Å²) < 4.78 is 4.77. The van der Waals surface area contributed by atoms with E-state index in [1.54, 1.807) is 13.3 Å². The molecule has 5 aliphatic heterocycles. The maximum Gasteiger partial charge on any atom is 0.327 e. The highest BCUT2D eigenvalue weighted by molar-refractivity contribution is 8.01. The number of hydrogen-bond acceptors (Lipinski definition) is 8. The summed E-state index contributed by atoms with van der Waals surface area (Å²) in [6, 6.07) is 15.7. The largest absolute Gasteiger partial charge is 0.497 e. The average molecular weight is 659 g/mol. The minimum atomic E-state index is -1.01. The number of aliphatic hydroxyl groups excluding tert-OH is 1. The lowest BCUT2D eigenvalue weighted by atomic mass is 9.73. The van der Waals surface area contributed by atoms with Crippen molar-refractivity contribution in [3.8, 4) is 5.75 Å². The molecule has 6 heterocycles. The summed E-state index contributed by atoms with van der Waals surface area (Å²) in [7, 11) is 1.66. The molecule has 11 heteroatoms. The van der Waals surface area contributed by atoms with Gasteiger partial charge in [0.25, 0.3) is 0 Å². The number of β-lactam (4-membered cyclic amide) rings is 1. The zero-order valence-corrected chi connectivity index (χ0v) is 27.7. The van der Waals surface area contributed by atoms with Crippen LogP contribution in [0.15, 0.2) is 73.4 Å². The SMILES string of the molecule is C=C[C@H]1CN2CC[C@H]1C[C@H]2[C@H](O)c1ccnc2ccc(OC)cc12.CC1(C)S[C@@H]2[C@H](NC(=O)Cc3ccccc3)C(=O)N2[C@H]1C(=O)O. The van der Waals surface area contributed by atoms with Gasteiger partial charge in [-0.25, -0.2) is 4.79 Å². The Morgan fingerprint density at radius 3 is 2.64 bits per heavy atom. The minimum absolute atomic E-state index is 0.178. The third kappa shape index (κ3) is 6.36. The zero-order valence-electron chi connectivity index (χ0n) is 26.9. The molecule has 248 valence electrons. The maximum atomic E-state index is 12.3. The molecule has 0 spiro atoms. The molecular weight excluding hydrogens is 616 g/mol. The Morgan fingerprint density at radius 1 is 1.21 bits per heavy atom. The molecule has 10 nitrogen and oxygen atoms in total. The summed E-state index contributed by atoms with van der Waals surface area (Å²) in [5, 5.41) is 23.9. The number of carbonyl (C=O) groups is 3. The molecule has 5 saturated heterocycles. The highest BCUT2D eigenvalue weighted by Crippen LogP contribution is 2.50. The second kappa shape index (κ2) is 13.3. The van der Waals surface area contributed by atoms with E-state index in [1.807, 2.05) is 68.4 Å². The number of carbonyl (C=O) groups excluding carboxylic acids is 2. The van der Waals surface area contributed by atoms with E-state index in [-0.39, 0.29) is 29.7 Å². The first-order chi connectivity index (χ1) is 22.5. The fourth-order valence-electron chi connectivity index (χ4n) is 7.60. The number of carboxylic acids is 1. The number of fused-ring (bicyclic) bond motifs is 5. The third-order valence-corrected chi connectivity index (χ3v) is 11.6. The number of hydrogen-bond donors (Lipinski definition) is 3. The molecule has 0 radical (unpaired) electrons. The molecule has 1 aromatic heterocycles. The monoisotopic (exact) mass is 658 g/mol. The van der Waals surface area contributed by atoms with Crippen LogP contribution in [0, 0.1) is 11.8 Å². The number of aliphatic carboxylic acids is 1. The number of rotatable bonds is 8. The van der Waals surface area contributed by atoms with Gasteiger partial charge in [0.15, 0.2) is 0 Å². The van der Waals surface area contributed by atoms with Crippen LogP contribution in [-0.4, -0.2) is 91.2 Å². The zero-order chi connectivity index (χ0) is 33.5. The van der Waals surface area contributed by atoms with Crippen LogP contribution in [0.4, 0.5) is 0 Å². The van der Waals surface area contributed by atoms with Crippen molar-refractivity contribution >= 4 is 40.4 Å². The molecule has 0 saturated carbocycles. The smallest absolute Gasteiger partial charge is 0.327 e. The molecule has 1 unspecified atom stereocenters. The standard InChI is InChI=1S/C20H24N2O2.C16H18N2O4S/c1-3-13-12-22-9-7-14(13)10-19(22)20(23)16-6-8-21-18-5-4-15(24-2)11-17(16)18;1-16(2)12(15(21)22)18-13(20)11(14(18)23-16)17-10(19)8-9-6-4-3-5-7-9/h3-6,8,11,13-14,19-20,23H,1,7,9-10,12H2,2H3;3-7,11-12,14H,8H2,1-2H3,(H,17,19)(H,21,22)/t13-,14-,19-,20+;11-,12+,14-/m01/s1. The Bertz CT molecular complexity index is 1670. The van der Waals surface area contributed by atoms with Crippen molar-refractivity contribution in [2.75, 3.05) is 20.2 Å². The van der Waals surface area contributed by atoms with E-state index in [9.17, 15) is 24.6 Å². The number of aliphatic hydroxyl groups is 1. The Morgan fingerprint density at radius 2 is 1.98 bits per heavy atom. The number of piperidine rings is 3. The average Bonchev–Trinajstić information content (AvgIpc) is 3.34. The van der Waals surface area contributed by atoms with Gasteiger partial charge in [0.05, 0.1) is 25.2 Å². The van der Waals surface area contributed by atoms with Gasteiger partial charge in [0.2, 0.25) is 11.8 Å². The maximum absolute atomic E-state index is 12.3. The Labute approximate surface area is 279 Å². The van der Waals surface area contributed by atoms with E-state index in [1.165, 1.54) is 23.1 Å². The molecule has 5 aliphatic rings. The number of nitrogens with one attached hydrogen (secondary N) is 1. The number of nitrogens with zero attached hydrogens (tertiary/aromatic N) is 3. The molecule has 0 aliphatic carbocycles. The van der Waals surface area contributed by atoms with E-state index in [2.05, 4.69) is 27.9 Å². The highest BCUT2D eigenvalue weighted by Gasteiger charge is 2.64. The normalized spacial score (nSPS) is 29.1. The predicted octanol–water partition coefficient (Wildman–Crippen LogP) is 4.03. The van der Waals surface area contributed by atoms with Gasteiger partial charge in [0, 0.05) is 28.9 Å². The summed E-state index contributed by atoms with van der Waals surface area (Å²) in [6.07, 6.45) is 5.82. The first kappa shape index (κ1) is 33.0.